The highest BCUT2D eigenvalue weighted by Gasteiger charge is 2.36. The molecule has 1 aromatic heterocycles. The van der Waals surface area contributed by atoms with Crippen molar-refractivity contribution < 1.29 is 5.11 Å². The Morgan fingerprint density at radius 2 is 2.50 bits per heavy atom. The van der Waals surface area contributed by atoms with Gasteiger partial charge in [-0.05, 0) is 41.0 Å². The van der Waals surface area contributed by atoms with Crippen LogP contribution in [-0.2, 0) is 6.42 Å². The van der Waals surface area contributed by atoms with Crippen LogP contribution in [0.4, 0.5) is 0 Å². The summed E-state index contributed by atoms with van der Waals surface area (Å²) in [6, 6.07) is 2.12. The fraction of sp³-hybridized carbons (Fsp3) is 0.636. The summed E-state index contributed by atoms with van der Waals surface area (Å²) in [5.74, 6) is 1.20. The molecule has 1 aromatic rings. The molecule has 1 fully saturated rings. The lowest BCUT2D eigenvalue weighted by Crippen LogP contribution is -2.43. The molecule has 2 atom stereocenters. The highest BCUT2D eigenvalue weighted by Crippen LogP contribution is 2.36. The van der Waals surface area contributed by atoms with Crippen molar-refractivity contribution in [2.24, 2.45) is 0 Å². The highest BCUT2D eigenvalue weighted by molar-refractivity contribution is 8.00. The predicted octanol–water partition coefficient (Wildman–Crippen LogP) is 2.94. The Labute approximate surface area is 93.5 Å². The quantitative estimate of drug-likeness (QED) is 0.840. The van der Waals surface area contributed by atoms with Crippen LogP contribution in [0.25, 0.3) is 0 Å². The highest BCUT2D eigenvalue weighted by atomic mass is 32.2. The molecule has 1 saturated heterocycles. The van der Waals surface area contributed by atoms with Gasteiger partial charge in [0.1, 0.15) is 0 Å². The number of aliphatic hydroxyl groups is 1. The molecule has 78 valence electrons. The fourth-order valence-corrected chi connectivity index (χ4v) is 3.82. The van der Waals surface area contributed by atoms with Gasteiger partial charge in [0.15, 0.2) is 0 Å². The van der Waals surface area contributed by atoms with Crippen LogP contribution in [-0.4, -0.2) is 21.7 Å². The molecule has 0 spiro atoms. The van der Waals surface area contributed by atoms with E-state index in [9.17, 15) is 5.11 Å². The fourth-order valence-electron chi connectivity index (χ4n) is 1.98. The zero-order chi connectivity index (χ0) is 10.0. The van der Waals surface area contributed by atoms with E-state index in [4.69, 9.17) is 0 Å². The summed E-state index contributed by atoms with van der Waals surface area (Å²) in [6.07, 6.45) is 2.93. The SMILES string of the molecule is CC1SCCCC1(O)Cc1ccsc1. The van der Waals surface area contributed by atoms with Gasteiger partial charge in [0.25, 0.3) is 0 Å². The van der Waals surface area contributed by atoms with Crippen molar-refractivity contribution in [1.29, 1.82) is 0 Å². The molecule has 1 nitrogen and oxygen atoms in total. The number of thiophene rings is 1. The van der Waals surface area contributed by atoms with Gasteiger partial charge in [-0.3, -0.25) is 0 Å². The molecule has 0 aliphatic carbocycles. The zero-order valence-electron chi connectivity index (χ0n) is 8.40. The molecule has 0 amide bonds. The average molecular weight is 228 g/mol. The normalized spacial score (nSPS) is 33.1. The maximum Gasteiger partial charge on any atom is 0.0803 e. The lowest BCUT2D eigenvalue weighted by atomic mass is 9.88. The smallest absolute Gasteiger partial charge is 0.0803 e. The molecule has 0 radical (unpaired) electrons. The van der Waals surface area contributed by atoms with Gasteiger partial charge in [-0.25, -0.2) is 0 Å². The molecule has 2 unspecified atom stereocenters. The standard InChI is InChI=1S/C11H16OS2/c1-9-11(12,4-2-5-14-9)7-10-3-6-13-8-10/h3,6,8-9,12H,2,4-5,7H2,1H3. The van der Waals surface area contributed by atoms with Gasteiger partial charge in [0.2, 0.25) is 0 Å². The van der Waals surface area contributed by atoms with Gasteiger partial charge in [-0.2, -0.15) is 23.1 Å². The van der Waals surface area contributed by atoms with E-state index in [2.05, 4.69) is 23.8 Å². The molecular weight excluding hydrogens is 212 g/mol. The molecule has 0 saturated carbocycles. The second kappa shape index (κ2) is 4.25. The van der Waals surface area contributed by atoms with Crippen molar-refractivity contribution in [3.63, 3.8) is 0 Å². The third kappa shape index (κ3) is 2.15. The summed E-state index contributed by atoms with van der Waals surface area (Å²) in [5, 5.41) is 15.1. The van der Waals surface area contributed by atoms with Crippen LogP contribution >= 0.6 is 23.1 Å². The van der Waals surface area contributed by atoms with Crippen LogP contribution in [0.15, 0.2) is 16.8 Å². The first-order chi connectivity index (χ1) is 6.71. The molecule has 0 bridgehead atoms. The van der Waals surface area contributed by atoms with E-state index in [1.54, 1.807) is 11.3 Å². The van der Waals surface area contributed by atoms with E-state index in [0.717, 1.165) is 19.3 Å². The molecule has 3 heteroatoms. The predicted molar refractivity (Wildman–Crippen MR) is 64.1 cm³/mol. The Hall–Kier alpha value is 0.01000. The largest absolute Gasteiger partial charge is 0.388 e. The Morgan fingerprint density at radius 3 is 3.14 bits per heavy atom. The first kappa shape index (κ1) is 10.5. The van der Waals surface area contributed by atoms with E-state index >= 15 is 0 Å². The first-order valence-corrected chi connectivity index (χ1v) is 7.05. The van der Waals surface area contributed by atoms with E-state index in [0.29, 0.717) is 5.25 Å². The van der Waals surface area contributed by atoms with Crippen molar-refractivity contribution in [3.8, 4) is 0 Å². The van der Waals surface area contributed by atoms with Crippen molar-refractivity contribution in [2.75, 3.05) is 5.75 Å². The van der Waals surface area contributed by atoms with Gasteiger partial charge in [-0.15, -0.1) is 0 Å². The van der Waals surface area contributed by atoms with Crippen molar-refractivity contribution in [3.05, 3.63) is 22.4 Å². The van der Waals surface area contributed by atoms with Gasteiger partial charge >= 0.3 is 0 Å². The molecule has 2 rings (SSSR count). The van der Waals surface area contributed by atoms with Crippen LogP contribution in [0.5, 0.6) is 0 Å². The van der Waals surface area contributed by atoms with Gasteiger partial charge in [-0.1, -0.05) is 6.92 Å². The van der Waals surface area contributed by atoms with Crippen LogP contribution in [0.2, 0.25) is 0 Å². The lowest BCUT2D eigenvalue weighted by Gasteiger charge is -2.37. The Kier molecular flexibility index (Phi) is 3.20. The minimum absolute atomic E-state index is 0.371. The minimum Gasteiger partial charge on any atom is -0.388 e. The van der Waals surface area contributed by atoms with Gasteiger partial charge < -0.3 is 5.11 Å². The van der Waals surface area contributed by atoms with Gasteiger partial charge in [0.05, 0.1) is 5.60 Å². The van der Waals surface area contributed by atoms with Crippen molar-refractivity contribution in [1.82, 2.24) is 0 Å². The third-order valence-corrected chi connectivity index (χ3v) is 5.16. The number of hydrogen-bond donors (Lipinski definition) is 1. The third-order valence-electron chi connectivity index (χ3n) is 2.97. The number of hydrogen-bond acceptors (Lipinski definition) is 3. The summed E-state index contributed by atoms with van der Waals surface area (Å²) < 4.78 is 0. The van der Waals surface area contributed by atoms with Crippen LogP contribution in [0.3, 0.4) is 0 Å². The first-order valence-electron chi connectivity index (χ1n) is 5.06. The van der Waals surface area contributed by atoms with Crippen LogP contribution < -0.4 is 0 Å². The van der Waals surface area contributed by atoms with E-state index in [1.165, 1.54) is 11.3 Å². The monoisotopic (exact) mass is 228 g/mol. The second-order valence-electron chi connectivity index (χ2n) is 4.03. The lowest BCUT2D eigenvalue weighted by molar-refractivity contribution is 0.0298. The van der Waals surface area contributed by atoms with Gasteiger partial charge in [0, 0.05) is 11.7 Å². The molecule has 14 heavy (non-hydrogen) atoms. The molecule has 2 heterocycles. The van der Waals surface area contributed by atoms with Crippen molar-refractivity contribution >= 4 is 23.1 Å². The van der Waals surface area contributed by atoms with E-state index in [-0.39, 0.29) is 0 Å². The molecule has 0 aromatic carbocycles. The molecule has 1 aliphatic heterocycles. The molecule has 1 N–H and O–H groups in total. The maximum absolute atomic E-state index is 10.5. The summed E-state index contributed by atoms with van der Waals surface area (Å²) in [6.45, 7) is 2.15. The molecular formula is C11H16OS2. The topological polar surface area (TPSA) is 20.2 Å². The Bertz CT molecular complexity index is 283. The Morgan fingerprint density at radius 1 is 1.64 bits per heavy atom. The van der Waals surface area contributed by atoms with Crippen LogP contribution in [0.1, 0.15) is 25.3 Å². The van der Waals surface area contributed by atoms with E-state index in [1.807, 2.05) is 11.8 Å². The molecule has 1 aliphatic rings. The second-order valence-corrected chi connectivity index (χ2v) is 6.26. The summed E-state index contributed by atoms with van der Waals surface area (Å²) in [5.41, 5.74) is 0.816. The Balaban J connectivity index is 2.07. The van der Waals surface area contributed by atoms with Crippen molar-refractivity contribution in [2.45, 2.75) is 37.0 Å². The summed E-state index contributed by atoms with van der Waals surface area (Å²) >= 11 is 3.61. The number of thioether (sulfide) groups is 1. The van der Waals surface area contributed by atoms with Crippen LogP contribution in [0, 0.1) is 0 Å². The zero-order valence-corrected chi connectivity index (χ0v) is 10.0. The van der Waals surface area contributed by atoms with E-state index < -0.39 is 5.60 Å². The maximum atomic E-state index is 10.5. The summed E-state index contributed by atoms with van der Waals surface area (Å²) in [7, 11) is 0. The minimum atomic E-state index is -0.468. The summed E-state index contributed by atoms with van der Waals surface area (Å²) in [4.78, 5) is 0. The number of rotatable bonds is 2. The average Bonchev–Trinajstić information content (AvgIpc) is 2.63.